The lowest BCUT2D eigenvalue weighted by Crippen LogP contribution is -2.37. The van der Waals surface area contributed by atoms with Gasteiger partial charge >= 0.3 is 0 Å². The monoisotopic (exact) mass is 684 g/mol. The number of rotatable bonds is 13. The predicted octanol–water partition coefficient (Wildman–Crippen LogP) is 7.38. The van der Waals surface area contributed by atoms with Gasteiger partial charge in [0.2, 0.25) is 0 Å². The molecule has 1 aliphatic rings. The van der Waals surface area contributed by atoms with Crippen molar-refractivity contribution in [3.05, 3.63) is 162 Å². The zero-order valence-electron chi connectivity index (χ0n) is 27.7. The van der Waals surface area contributed by atoms with Crippen LogP contribution in [0, 0.1) is 0 Å². The lowest BCUT2D eigenvalue weighted by molar-refractivity contribution is -0.115. The number of benzene rings is 5. The molecule has 0 aliphatic heterocycles. The number of Topliss-reactive ketones (excluding diaryl/α,β-unsaturated/α-hetero) is 1. The van der Waals surface area contributed by atoms with Crippen LogP contribution in [0.5, 0.6) is 17.2 Å². The molecule has 0 saturated heterocycles. The van der Waals surface area contributed by atoms with Gasteiger partial charge in [0, 0.05) is 29.4 Å². The largest absolute Gasteiger partial charge is 0.497 e. The van der Waals surface area contributed by atoms with Crippen LogP contribution in [-0.2, 0) is 27.8 Å². The number of hydrogen-bond donors (Lipinski definition) is 1. The Morgan fingerprint density at radius 1 is 0.720 bits per heavy atom. The molecule has 0 amide bonds. The van der Waals surface area contributed by atoms with Crippen LogP contribution < -0.4 is 19.5 Å². The molecule has 9 heteroatoms. The third-order valence-electron chi connectivity index (χ3n) is 8.97. The van der Waals surface area contributed by atoms with E-state index in [4.69, 9.17) is 14.2 Å². The average Bonchev–Trinajstić information content (AvgIpc) is 3.55. The van der Waals surface area contributed by atoms with Crippen molar-refractivity contribution in [3.8, 4) is 17.2 Å². The summed E-state index contributed by atoms with van der Waals surface area (Å²) in [5.74, 6) is 1.04. The van der Waals surface area contributed by atoms with Crippen LogP contribution in [0.2, 0.25) is 0 Å². The average molecular weight is 685 g/mol. The lowest BCUT2D eigenvalue weighted by atomic mass is 9.73. The van der Waals surface area contributed by atoms with Crippen molar-refractivity contribution in [3.63, 3.8) is 0 Å². The lowest BCUT2D eigenvalue weighted by Gasteiger charge is -2.33. The molecule has 1 atom stereocenters. The molecule has 1 heterocycles. The summed E-state index contributed by atoms with van der Waals surface area (Å²) in [5, 5.41) is 4.19. The molecule has 0 fully saturated rings. The SMILES string of the molecule is COc1ccc(CCNC2=C(c3ccc(OC)cc3)C(=O)C2c2cn(S(=O)(=O)c3ccccc3)c3c(OCc4ccccc4)cccc23)cc1. The number of ketones is 1. The maximum Gasteiger partial charge on any atom is 0.268 e. The van der Waals surface area contributed by atoms with E-state index in [1.54, 1.807) is 56.8 Å². The van der Waals surface area contributed by atoms with Crippen LogP contribution in [0.15, 0.2) is 144 Å². The fourth-order valence-corrected chi connectivity index (χ4v) is 7.78. The van der Waals surface area contributed by atoms with Crippen LogP contribution in [0.1, 0.15) is 28.2 Å². The third kappa shape index (κ3) is 6.23. The van der Waals surface area contributed by atoms with Gasteiger partial charge in [0.25, 0.3) is 10.0 Å². The number of ether oxygens (including phenoxy) is 3. The fourth-order valence-electron chi connectivity index (χ4n) is 6.37. The molecule has 0 saturated carbocycles. The number of aromatic nitrogens is 1. The number of carbonyl (C=O) groups is 1. The van der Waals surface area contributed by atoms with E-state index in [-0.39, 0.29) is 17.3 Å². The van der Waals surface area contributed by atoms with Crippen molar-refractivity contribution < 1.29 is 27.4 Å². The van der Waals surface area contributed by atoms with Gasteiger partial charge in [0.15, 0.2) is 5.78 Å². The third-order valence-corrected chi connectivity index (χ3v) is 10.6. The summed E-state index contributed by atoms with van der Waals surface area (Å²) in [7, 11) is -0.834. The highest BCUT2D eigenvalue weighted by Crippen LogP contribution is 2.47. The highest BCUT2D eigenvalue weighted by molar-refractivity contribution is 7.90. The zero-order valence-corrected chi connectivity index (χ0v) is 28.5. The quantitative estimate of drug-likeness (QED) is 0.136. The molecule has 252 valence electrons. The maximum atomic E-state index is 14.3. The molecule has 8 nitrogen and oxygen atoms in total. The van der Waals surface area contributed by atoms with Crippen molar-refractivity contribution in [2.45, 2.75) is 23.8 Å². The molecule has 7 rings (SSSR count). The van der Waals surface area contributed by atoms with Crippen molar-refractivity contribution in [2.75, 3.05) is 20.8 Å². The van der Waals surface area contributed by atoms with Gasteiger partial charge in [-0.15, -0.1) is 0 Å². The Bertz CT molecular complexity index is 2280. The first-order valence-electron chi connectivity index (χ1n) is 16.3. The Labute approximate surface area is 291 Å². The van der Waals surface area contributed by atoms with E-state index in [0.29, 0.717) is 46.5 Å². The Morgan fingerprint density at radius 3 is 2.02 bits per heavy atom. The fraction of sp³-hybridized carbons (Fsp3) is 0.146. The molecule has 0 spiro atoms. The smallest absolute Gasteiger partial charge is 0.268 e. The zero-order chi connectivity index (χ0) is 34.7. The number of nitrogens with zero attached hydrogens (tertiary/aromatic N) is 1. The molecule has 1 aliphatic carbocycles. The van der Waals surface area contributed by atoms with E-state index in [9.17, 15) is 13.2 Å². The van der Waals surface area contributed by atoms with Gasteiger partial charge in [0.05, 0.1) is 25.0 Å². The summed E-state index contributed by atoms with van der Waals surface area (Å²) in [6.07, 6.45) is 2.28. The minimum absolute atomic E-state index is 0.103. The second-order valence-corrected chi connectivity index (χ2v) is 13.8. The summed E-state index contributed by atoms with van der Waals surface area (Å²) in [6.45, 7) is 0.797. The van der Waals surface area contributed by atoms with Gasteiger partial charge in [-0.25, -0.2) is 12.4 Å². The molecule has 1 N–H and O–H groups in total. The van der Waals surface area contributed by atoms with E-state index in [1.165, 1.54) is 3.97 Å². The van der Waals surface area contributed by atoms with Crippen LogP contribution in [0.4, 0.5) is 0 Å². The number of allylic oxidation sites excluding steroid dienone is 2. The van der Waals surface area contributed by atoms with Crippen LogP contribution in [0.3, 0.4) is 0 Å². The second-order valence-electron chi connectivity index (χ2n) is 12.0. The van der Waals surface area contributed by atoms with Crippen molar-refractivity contribution in [1.29, 1.82) is 0 Å². The van der Waals surface area contributed by atoms with E-state index < -0.39 is 15.9 Å². The van der Waals surface area contributed by atoms with E-state index in [0.717, 1.165) is 28.1 Å². The number of carbonyl (C=O) groups excluding carboxylic acids is 1. The normalized spacial score (nSPS) is 14.4. The first-order valence-corrected chi connectivity index (χ1v) is 17.7. The van der Waals surface area contributed by atoms with E-state index in [2.05, 4.69) is 5.32 Å². The number of methoxy groups -OCH3 is 2. The molecule has 0 bridgehead atoms. The van der Waals surface area contributed by atoms with Crippen molar-refractivity contribution in [1.82, 2.24) is 9.29 Å². The Morgan fingerprint density at radius 2 is 1.36 bits per heavy atom. The molecular formula is C41H36N2O6S. The first kappa shape index (κ1) is 32.7. The molecule has 0 radical (unpaired) electrons. The van der Waals surface area contributed by atoms with E-state index >= 15 is 0 Å². The molecular weight excluding hydrogens is 649 g/mol. The molecule has 1 aromatic heterocycles. The number of para-hydroxylation sites is 1. The summed E-state index contributed by atoms with van der Waals surface area (Å²) < 4.78 is 46.8. The standard InChI is InChI=1S/C41H36N2O6S/c1-47-31-20-16-28(17-21-31)24-25-42-39-37(30-18-22-32(48-2)23-19-30)41(44)38(39)35-26-43(50(45,46)33-12-7-4-8-13-33)40-34(35)14-9-15-36(40)49-27-29-10-5-3-6-11-29/h3-23,26,38,42H,24-25,27H2,1-2H3. The minimum atomic E-state index is -4.07. The van der Waals surface area contributed by atoms with Gasteiger partial charge in [0.1, 0.15) is 29.4 Å². The predicted molar refractivity (Wildman–Crippen MR) is 194 cm³/mol. The minimum Gasteiger partial charge on any atom is -0.497 e. The number of fused-ring (bicyclic) bond motifs is 1. The molecule has 1 unspecified atom stereocenters. The van der Waals surface area contributed by atoms with Crippen LogP contribution >= 0.6 is 0 Å². The Hall–Kier alpha value is -5.80. The molecule has 6 aromatic rings. The van der Waals surface area contributed by atoms with Crippen LogP contribution in [0.25, 0.3) is 16.5 Å². The number of hydrogen-bond acceptors (Lipinski definition) is 7. The van der Waals surface area contributed by atoms with Gasteiger partial charge in [-0.3, -0.25) is 4.79 Å². The first-order chi connectivity index (χ1) is 24.4. The van der Waals surface area contributed by atoms with Crippen LogP contribution in [-0.4, -0.2) is 38.9 Å². The van der Waals surface area contributed by atoms with Gasteiger partial charge in [-0.1, -0.05) is 84.9 Å². The van der Waals surface area contributed by atoms with Gasteiger partial charge in [-0.2, -0.15) is 0 Å². The highest BCUT2D eigenvalue weighted by Gasteiger charge is 2.43. The summed E-state index contributed by atoms with van der Waals surface area (Å²) in [4.78, 5) is 14.4. The van der Waals surface area contributed by atoms with Gasteiger partial charge in [-0.05, 0) is 71.1 Å². The van der Waals surface area contributed by atoms with Crippen molar-refractivity contribution in [2.24, 2.45) is 0 Å². The summed E-state index contributed by atoms with van der Waals surface area (Å²) in [6, 6.07) is 38.7. The van der Waals surface area contributed by atoms with Crippen molar-refractivity contribution >= 4 is 32.3 Å². The Balaban J connectivity index is 1.33. The van der Waals surface area contributed by atoms with Gasteiger partial charge < -0.3 is 19.5 Å². The Kier molecular flexibility index (Phi) is 9.15. The summed E-state index contributed by atoms with van der Waals surface area (Å²) in [5.41, 5.74) is 5.07. The molecule has 50 heavy (non-hydrogen) atoms. The maximum absolute atomic E-state index is 14.3. The number of nitrogens with one attached hydrogen (secondary N) is 1. The highest BCUT2D eigenvalue weighted by atomic mass is 32.2. The second kappa shape index (κ2) is 14.0. The van der Waals surface area contributed by atoms with E-state index in [1.807, 2.05) is 91.0 Å². The summed E-state index contributed by atoms with van der Waals surface area (Å²) >= 11 is 0. The topological polar surface area (TPSA) is 95.9 Å². The molecule has 5 aromatic carbocycles.